The van der Waals surface area contributed by atoms with E-state index in [1.807, 2.05) is 19.0 Å². The Labute approximate surface area is 303 Å². The Morgan fingerprint density at radius 1 is 0.980 bits per heavy atom. The zero-order valence-corrected chi connectivity index (χ0v) is 32.6. The number of fused-ring (bicyclic) bond motifs is 5. The molecule has 50 heavy (non-hydrogen) atoms. The van der Waals surface area contributed by atoms with Gasteiger partial charge in [0.15, 0.2) is 0 Å². The van der Waals surface area contributed by atoms with E-state index < -0.39 is 0 Å². The Morgan fingerprint density at radius 2 is 1.78 bits per heavy atom. The third-order valence-corrected chi connectivity index (χ3v) is 14.1. The first-order valence-corrected chi connectivity index (χ1v) is 20.4. The fourth-order valence-electron chi connectivity index (χ4n) is 11.3. The SMILES string of the molecule is CC(C)CCC[C@@H](C)[C@H]1CCC2C3CC=C4CC(OC(=O)NCCCC(=O)N[C@@H]5CN[C@H](C(=O)NCCN(C)C)C5)CC[C@]4(C)C3CC[C@@]21C. The fourth-order valence-corrected chi connectivity index (χ4v) is 11.3. The monoisotopic (exact) mass is 698 g/mol. The number of nitrogens with one attached hydrogen (secondary N) is 4. The van der Waals surface area contributed by atoms with Gasteiger partial charge in [-0.1, -0.05) is 65.5 Å². The number of ether oxygens (including phenoxy) is 1. The summed E-state index contributed by atoms with van der Waals surface area (Å²) in [6.07, 6.45) is 17.4. The average molecular weight is 698 g/mol. The average Bonchev–Trinajstić information content (AvgIpc) is 3.67. The van der Waals surface area contributed by atoms with Gasteiger partial charge in [0.1, 0.15) is 6.10 Å². The number of allylic oxidation sites excluding steroid dienone is 1. The van der Waals surface area contributed by atoms with Gasteiger partial charge in [0.2, 0.25) is 11.8 Å². The molecule has 5 rings (SSSR count). The molecule has 1 saturated heterocycles. The highest BCUT2D eigenvalue weighted by Crippen LogP contribution is 2.67. The summed E-state index contributed by atoms with van der Waals surface area (Å²) >= 11 is 0. The van der Waals surface area contributed by atoms with Crippen LogP contribution in [0.2, 0.25) is 0 Å². The highest BCUT2D eigenvalue weighted by Gasteiger charge is 2.59. The molecule has 0 bridgehead atoms. The van der Waals surface area contributed by atoms with Crippen molar-refractivity contribution in [2.24, 2.45) is 46.3 Å². The van der Waals surface area contributed by atoms with Crippen LogP contribution in [-0.4, -0.2) is 81.3 Å². The van der Waals surface area contributed by atoms with Gasteiger partial charge >= 0.3 is 6.09 Å². The van der Waals surface area contributed by atoms with Crippen molar-refractivity contribution >= 4 is 17.9 Å². The van der Waals surface area contributed by atoms with Crippen LogP contribution < -0.4 is 21.3 Å². The summed E-state index contributed by atoms with van der Waals surface area (Å²) in [6, 6.07) is -0.341. The molecule has 4 aliphatic carbocycles. The molecule has 0 radical (unpaired) electrons. The van der Waals surface area contributed by atoms with Crippen molar-refractivity contribution in [3.8, 4) is 0 Å². The van der Waals surface area contributed by atoms with Crippen LogP contribution in [-0.2, 0) is 14.3 Å². The van der Waals surface area contributed by atoms with Crippen LogP contribution in [0.1, 0.15) is 125 Å². The lowest BCUT2D eigenvalue weighted by atomic mass is 9.47. The quantitative estimate of drug-likeness (QED) is 0.116. The molecule has 1 heterocycles. The fraction of sp³-hybridized carbons (Fsp3) is 0.878. The standard InChI is InChI=1S/C41H71N5O4/c1-27(2)10-8-11-28(3)33-15-16-34-32-14-13-29-24-31(17-19-40(29,4)35(32)18-20-41(33,34)5)50-39(49)43-21-9-12-37(47)45-30-25-36(44-26-30)38(48)42-22-23-46(6)7/h13,27-28,30-36,44H,8-12,14-26H2,1-7H3,(H,42,48)(H,43,49)(H,45,47)/t28-,30+,31?,32?,33-,34?,35?,36+,40+,41-/m1/s1. The summed E-state index contributed by atoms with van der Waals surface area (Å²) in [4.78, 5) is 39.7. The van der Waals surface area contributed by atoms with Crippen LogP contribution in [0.5, 0.6) is 0 Å². The molecule has 10 atom stereocenters. The molecule has 0 aromatic heterocycles. The minimum Gasteiger partial charge on any atom is -0.446 e. The maximum atomic E-state index is 12.8. The molecule has 9 nitrogen and oxygen atoms in total. The number of hydrogen-bond donors (Lipinski definition) is 4. The van der Waals surface area contributed by atoms with Crippen molar-refractivity contribution in [2.45, 2.75) is 143 Å². The minimum atomic E-state index is -0.371. The zero-order chi connectivity index (χ0) is 36.1. The van der Waals surface area contributed by atoms with Gasteiger partial charge in [-0.05, 0) is 118 Å². The van der Waals surface area contributed by atoms with Gasteiger partial charge in [0.25, 0.3) is 0 Å². The van der Waals surface area contributed by atoms with Gasteiger partial charge in [0.05, 0.1) is 6.04 Å². The van der Waals surface area contributed by atoms with E-state index >= 15 is 0 Å². The van der Waals surface area contributed by atoms with Crippen LogP contribution in [0.4, 0.5) is 4.79 Å². The van der Waals surface area contributed by atoms with E-state index in [0.29, 0.717) is 44.3 Å². The molecule has 284 valence electrons. The highest BCUT2D eigenvalue weighted by molar-refractivity contribution is 5.82. The Hall–Kier alpha value is -2.13. The topological polar surface area (TPSA) is 112 Å². The largest absolute Gasteiger partial charge is 0.446 e. The van der Waals surface area contributed by atoms with Crippen molar-refractivity contribution in [1.82, 2.24) is 26.2 Å². The molecule has 5 aliphatic rings. The highest BCUT2D eigenvalue weighted by atomic mass is 16.6. The molecule has 4 fully saturated rings. The van der Waals surface area contributed by atoms with Crippen molar-refractivity contribution in [3.63, 3.8) is 0 Å². The molecule has 0 aromatic rings. The van der Waals surface area contributed by atoms with E-state index in [4.69, 9.17) is 4.74 Å². The van der Waals surface area contributed by atoms with E-state index in [-0.39, 0.29) is 41.5 Å². The first-order chi connectivity index (χ1) is 23.8. The summed E-state index contributed by atoms with van der Waals surface area (Å²) in [5, 5.41) is 12.1. The van der Waals surface area contributed by atoms with Gasteiger partial charge in [-0.25, -0.2) is 4.79 Å². The maximum absolute atomic E-state index is 12.8. The number of likely N-dealkylation sites (N-methyl/N-ethyl adjacent to an activating group) is 1. The van der Waals surface area contributed by atoms with Crippen LogP contribution in [0, 0.1) is 46.3 Å². The van der Waals surface area contributed by atoms with E-state index in [0.717, 1.165) is 61.3 Å². The smallest absolute Gasteiger partial charge is 0.407 e. The Morgan fingerprint density at radius 3 is 2.54 bits per heavy atom. The molecule has 4 N–H and O–H groups in total. The predicted octanol–water partition coefficient (Wildman–Crippen LogP) is 6.43. The molecular formula is C41H71N5O4. The van der Waals surface area contributed by atoms with Gasteiger partial charge < -0.3 is 30.9 Å². The lowest BCUT2D eigenvalue weighted by Crippen LogP contribution is -2.51. The van der Waals surface area contributed by atoms with E-state index in [1.165, 1.54) is 56.9 Å². The van der Waals surface area contributed by atoms with E-state index in [1.54, 1.807) is 0 Å². The zero-order valence-electron chi connectivity index (χ0n) is 32.6. The van der Waals surface area contributed by atoms with Crippen LogP contribution in [0.25, 0.3) is 0 Å². The first kappa shape index (κ1) is 39.1. The van der Waals surface area contributed by atoms with Gasteiger partial charge in [-0.2, -0.15) is 0 Å². The number of amides is 3. The molecule has 0 aromatic carbocycles. The van der Waals surface area contributed by atoms with Gasteiger partial charge in [-0.3, -0.25) is 9.59 Å². The molecule has 3 saturated carbocycles. The number of alkyl carbamates (subject to hydrolysis) is 1. The molecule has 0 spiro atoms. The maximum Gasteiger partial charge on any atom is 0.407 e. The van der Waals surface area contributed by atoms with Crippen molar-refractivity contribution in [1.29, 1.82) is 0 Å². The summed E-state index contributed by atoms with van der Waals surface area (Å²) in [5.41, 5.74) is 2.27. The number of carbonyl (C=O) groups is 3. The number of hydrogen-bond acceptors (Lipinski definition) is 6. The first-order valence-electron chi connectivity index (χ1n) is 20.4. The number of nitrogens with zero attached hydrogens (tertiary/aromatic N) is 1. The van der Waals surface area contributed by atoms with Gasteiger partial charge in [0, 0.05) is 45.1 Å². The Balaban J connectivity index is 1.01. The van der Waals surface area contributed by atoms with E-state index in [2.05, 4.69) is 62.0 Å². The molecule has 3 amide bonds. The number of rotatable bonds is 15. The second-order valence-corrected chi connectivity index (χ2v) is 18.1. The van der Waals surface area contributed by atoms with Crippen molar-refractivity contribution in [2.75, 3.05) is 40.3 Å². The Kier molecular flexibility index (Phi) is 13.4. The molecule has 9 heteroatoms. The molecule has 1 aliphatic heterocycles. The van der Waals surface area contributed by atoms with Crippen LogP contribution in [0.15, 0.2) is 11.6 Å². The molecule has 4 unspecified atom stereocenters. The van der Waals surface area contributed by atoms with Crippen molar-refractivity contribution < 1.29 is 19.1 Å². The van der Waals surface area contributed by atoms with E-state index in [9.17, 15) is 14.4 Å². The second-order valence-electron chi connectivity index (χ2n) is 18.1. The second kappa shape index (κ2) is 17.1. The third kappa shape index (κ3) is 9.26. The molecular weight excluding hydrogens is 626 g/mol. The predicted molar refractivity (Wildman–Crippen MR) is 200 cm³/mol. The lowest BCUT2D eigenvalue weighted by molar-refractivity contribution is -0.124. The lowest BCUT2D eigenvalue weighted by Gasteiger charge is -2.58. The van der Waals surface area contributed by atoms with Crippen LogP contribution in [0.3, 0.4) is 0 Å². The minimum absolute atomic E-state index is 0.0190. The summed E-state index contributed by atoms with van der Waals surface area (Å²) in [6.45, 7) is 14.8. The third-order valence-electron chi connectivity index (χ3n) is 14.1. The van der Waals surface area contributed by atoms with Crippen molar-refractivity contribution in [3.05, 3.63) is 11.6 Å². The number of carbonyl (C=O) groups excluding carboxylic acids is 3. The summed E-state index contributed by atoms with van der Waals surface area (Å²) in [7, 11) is 3.95. The normalized spacial score (nSPS) is 35.5. The summed E-state index contributed by atoms with van der Waals surface area (Å²) < 4.78 is 5.94. The Bertz CT molecular complexity index is 1210. The summed E-state index contributed by atoms with van der Waals surface area (Å²) in [5.74, 6) is 4.87. The van der Waals surface area contributed by atoms with Gasteiger partial charge in [-0.15, -0.1) is 0 Å². The van der Waals surface area contributed by atoms with Crippen LogP contribution >= 0.6 is 0 Å².